The number of ether oxygens (including phenoxy) is 5. The Hall–Kier alpha value is -1.21. The molecule has 0 N–H and O–H groups in total. The molecule has 0 amide bonds. The fraction of sp³-hybridized carbons (Fsp3) is 0.792. The lowest BCUT2D eigenvalue weighted by Gasteiger charge is -2.58. The summed E-state index contributed by atoms with van der Waals surface area (Å²) in [6.45, 7) is 5.37. The minimum absolute atomic E-state index is 0.0689. The number of hydrogen-bond acceptors (Lipinski definition) is 6. The summed E-state index contributed by atoms with van der Waals surface area (Å²) < 4.78 is 29.6. The molecule has 0 radical (unpaired) electrons. The van der Waals surface area contributed by atoms with Crippen LogP contribution in [0.3, 0.4) is 0 Å². The van der Waals surface area contributed by atoms with Crippen LogP contribution in [0.2, 0.25) is 0 Å². The highest BCUT2D eigenvalue weighted by Crippen LogP contribution is 2.70. The molecule has 6 heteroatoms. The van der Waals surface area contributed by atoms with Gasteiger partial charge in [-0.25, -0.2) is 0 Å². The van der Waals surface area contributed by atoms with Gasteiger partial charge in [0.25, 0.3) is 0 Å². The minimum atomic E-state index is -0.871. The Balaban J connectivity index is 1.41. The van der Waals surface area contributed by atoms with Crippen molar-refractivity contribution < 1.29 is 28.5 Å². The van der Waals surface area contributed by atoms with Gasteiger partial charge in [0.1, 0.15) is 18.0 Å². The van der Waals surface area contributed by atoms with Crippen LogP contribution in [0.5, 0.6) is 0 Å². The number of carbonyl (C=O) groups excluding carboxylic acids is 1. The molecule has 0 unspecified atom stereocenters. The van der Waals surface area contributed by atoms with Crippen molar-refractivity contribution in [3.63, 3.8) is 0 Å². The topological polar surface area (TPSA) is 63.2 Å². The van der Waals surface area contributed by atoms with Crippen LogP contribution < -0.4 is 0 Å². The van der Waals surface area contributed by atoms with Gasteiger partial charge in [-0.3, -0.25) is 4.79 Å². The lowest BCUT2D eigenvalue weighted by molar-refractivity contribution is -0.245. The molecule has 6 aliphatic rings. The molecule has 7 atom stereocenters. The van der Waals surface area contributed by atoms with E-state index in [1.807, 2.05) is 0 Å². The van der Waals surface area contributed by atoms with E-state index in [4.69, 9.17) is 23.7 Å². The van der Waals surface area contributed by atoms with Gasteiger partial charge in [0.05, 0.1) is 12.9 Å². The average Bonchev–Trinajstić information content (AvgIpc) is 3.42. The molecule has 0 aromatic rings. The maximum atomic E-state index is 13.9. The lowest BCUT2D eigenvalue weighted by Crippen LogP contribution is -2.65. The minimum Gasteiger partial charge on any atom is -0.501 e. The molecule has 4 fully saturated rings. The third-order valence-corrected chi connectivity index (χ3v) is 9.69. The number of methoxy groups -OCH3 is 1. The summed E-state index contributed by atoms with van der Waals surface area (Å²) in [6.07, 6.45) is 9.79. The van der Waals surface area contributed by atoms with Crippen LogP contribution in [0.25, 0.3) is 0 Å². The molecule has 2 aliphatic heterocycles. The van der Waals surface area contributed by atoms with Crippen LogP contribution in [-0.4, -0.2) is 44.5 Å². The molecular formula is C24H32O6. The number of fused-ring (bicyclic) bond motifs is 7. The second kappa shape index (κ2) is 6.18. The number of carbonyl (C=O) groups is 1. The van der Waals surface area contributed by atoms with E-state index in [1.54, 1.807) is 7.11 Å². The average molecular weight is 417 g/mol. The van der Waals surface area contributed by atoms with Gasteiger partial charge in [-0.15, -0.1) is 0 Å². The normalized spacial score (nSPS) is 52.1. The van der Waals surface area contributed by atoms with Gasteiger partial charge in [-0.1, -0.05) is 19.9 Å². The fourth-order valence-corrected chi connectivity index (χ4v) is 8.27. The van der Waals surface area contributed by atoms with Gasteiger partial charge >= 0.3 is 0 Å². The second-order valence-corrected chi connectivity index (χ2v) is 10.6. The molecule has 0 bridgehead atoms. The van der Waals surface area contributed by atoms with Crippen molar-refractivity contribution in [3.8, 4) is 0 Å². The van der Waals surface area contributed by atoms with Crippen molar-refractivity contribution in [2.45, 2.75) is 63.8 Å². The lowest BCUT2D eigenvalue weighted by atomic mass is 9.46. The maximum absolute atomic E-state index is 13.9. The highest BCUT2D eigenvalue weighted by Gasteiger charge is 2.76. The van der Waals surface area contributed by atoms with Gasteiger partial charge in [0, 0.05) is 29.6 Å². The Bertz CT molecular complexity index is 835. The van der Waals surface area contributed by atoms with E-state index in [2.05, 4.69) is 26.0 Å². The van der Waals surface area contributed by atoms with Crippen LogP contribution in [0.15, 0.2) is 23.5 Å². The van der Waals surface area contributed by atoms with Crippen molar-refractivity contribution in [2.75, 3.05) is 27.3 Å². The van der Waals surface area contributed by atoms with Crippen LogP contribution >= 0.6 is 0 Å². The summed E-state index contributed by atoms with van der Waals surface area (Å²) >= 11 is 0. The monoisotopic (exact) mass is 416 g/mol. The number of Topliss-reactive ketones (excluding diaryl/α,β-unsaturated/α-hetero) is 1. The Morgan fingerprint density at radius 2 is 1.97 bits per heavy atom. The fourth-order valence-electron chi connectivity index (χ4n) is 8.27. The van der Waals surface area contributed by atoms with Crippen LogP contribution in [0.4, 0.5) is 0 Å². The SMILES string of the molecule is COC1=CC2=CC[C@@H]3[C@H](C(=O)C[C@@]4(C)[C@H]3CC[C@]43OCO[C@]34COCO4)[C@@]2(C)CC1. The van der Waals surface area contributed by atoms with Crippen molar-refractivity contribution in [1.82, 2.24) is 0 Å². The van der Waals surface area contributed by atoms with E-state index in [9.17, 15) is 4.79 Å². The molecule has 4 aliphatic carbocycles. The van der Waals surface area contributed by atoms with E-state index >= 15 is 0 Å². The zero-order chi connectivity index (χ0) is 20.8. The van der Waals surface area contributed by atoms with Crippen LogP contribution in [-0.2, 0) is 28.5 Å². The number of ketones is 1. The summed E-state index contributed by atoms with van der Waals surface area (Å²) in [4.78, 5) is 13.9. The Morgan fingerprint density at radius 1 is 1.13 bits per heavy atom. The van der Waals surface area contributed by atoms with Gasteiger partial charge in [0.15, 0.2) is 13.6 Å². The van der Waals surface area contributed by atoms with Crippen molar-refractivity contribution in [3.05, 3.63) is 23.5 Å². The maximum Gasteiger partial charge on any atom is 0.226 e. The smallest absolute Gasteiger partial charge is 0.226 e. The molecule has 2 saturated heterocycles. The summed E-state index contributed by atoms with van der Waals surface area (Å²) in [5.74, 6) is 1.36. The first-order chi connectivity index (χ1) is 14.4. The molecular weight excluding hydrogens is 384 g/mol. The van der Waals surface area contributed by atoms with E-state index in [-0.39, 0.29) is 30.3 Å². The molecule has 0 aromatic heterocycles. The Morgan fingerprint density at radius 3 is 2.73 bits per heavy atom. The zero-order valence-electron chi connectivity index (χ0n) is 18.2. The number of hydrogen-bond donors (Lipinski definition) is 0. The summed E-state index contributed by atoms with van der Waals surface area (Å²) in [5.41, 5.74) is 0.277. The molecule has 2 saturated carbocycles. The number of allylic oxidation sites excluding steroid dienone is 4. The first-order valence-electron chi connectivity index (χ1n) is 11.4. The summed E-state index contributed by atoms with van der Waals surface area (Å²) in [6, 6.07) is 0. The first kappa shape index (κ1) is 19.5. The third kappa shape index (κ3) is 2.11. The predicted molar refractivity (Wildman–Crippen MR) is 107 cm³/mol. The van der Waals surface area contributed by atoms with Crippen molar-refractivity contribution >= 4 is 5.78 Å². The first-order valence-corrected chi connectivity index (χ1v) is 11.4. The second-order valence-electron chi connectivity index (χ2n) is 10.6. The molecule has 2 spiro atoms. The zero-order valence-corrected chi connectivity index (χ0v) is 18.2. The molecule has 6 rings (SSSR count). The predicted octanol–water partition coefficient (Wildman–Crippen LogP) is 3.71. The van der Waals surface area contributed by atoms with Crippen LogP contribution in [0, 0.1) is 28.6 Å². The van der Waals surface area contributed by atoms with E-state index in [0.29, 0.717) is 30.6 Å². The van der Waals surface area contributed by atoms with Crippen LogP contribution in [0.1, 0.15) is 52.4 Å². The van der Waals surface area contributed by atoms with E-state index < -0.39 is 11.4 Å². The Labute approximate surface area is 177 Å². The molecule has 2 heterocycles. The Kier molecular flexibility index (Phi) is 4.01. The van der Waals surface area contributed by atoms with Gasteiger partial charge in [-0.2, -0.15) is 0 Å². The highest BCUT2D eigenvalue weighted by molar-refractivity contribution is 5.85. The van der Waals surface area contributed by atoms with Crippen molar-refractivity contribution in [2.24, 2.45) is 28.6 Å². The number of rotatable bonds is 1. The van der Waals surface area contributed by atoms with Gasteiger partial charge in [-0.05, 0) is 49.2 Å². The van der Waals surface area contributed by atoms with E-state index in [0.717, 1.165) is 37.9 Å². The summed E-state index contributed by atoms with van der Waals surface area (Å²) in [5, 5.41) is 0. The summed E-state index contributed by atoms with van der Waals surface area (Å²) in [7, 11) is 1.74. The standard InChI is InChI=1S/C24H32O6/c1-21-8-6-16(26-3)10-15(21)4-5-17-18-7-9-23(22(18,2)11-19(25)20(17)21)24(30-14-28-23)12-27-13-29-24/h4,10,17-18,20H,5-9,11-14H2,1-3H3/t17-,18-,20+,21-,22-,23-,24+/m0/s1. The van der Waals surface area contributed by atoms with E-state index in [1.165, 1.54) is 5.57 Å². The quantitative estimate of drug-likeness (QED) is 0.649. The largest absolute Gasteiger partial charge is 0.501 e. The van der Waals surface area contributed by atoms with Crippen molar-refractivity contribution in [1.29, 1.82) is 0 Å². The molecule has 0 aromatic carbocycles. The molecule has 30 heavy (non-hydrogen) atoms. The van der Waals surface area contributed by atoms with Gasteiger partial charge < -0.3 is 23.7 Å². The third-order valence-electron chi connectivity index (χ3n) is 9.69. The molecule has 164 valence electrons. The van der Waals surface area contributed by atoms with Gasteiger partial charge in [0.2, 0.25) is 5.79 Å². The highest BCUT2D eigenvalue weighted by atomic mass is 16.9. The molecule has 6 nitrogen and oxygen atoms in total.